The minimum Gasteiger partial charge on any atom is -0.306 e. The van der Waals surface area contributed by atoms with Crippen molar-refractivity contribution in [2.75, 3.05) is 6.54 Å². The summed E-state index contributed by atoms with van der Waals surface area (Å²) in [6.45, 7) is 2.03. The van der Waals surface area contributed by atoms with Gasteiger partial charge in [-0.15, -0.1) is 11.3 Å². The predicted octanol–water partition coefficient (Wildman–Crippen LogP) is 3.22. The molecule has 5 heteroatoms. The van der Waals surface area contributed by atoms with Crippen molar-refractivity contribution >= 4 is 11.3 Å². The van der Waals surface area contributed by atoms with Gasteiger partial charge in [-0.05, 0) is 30.8 Å². The lowest BCUT2D eigenvalue weighted by molar-refractivity contribution is -0.156. The van der Waals surface area contributed by atoms with E-state index in [1.54, 1.807) is 6.92 Å². The van der Waals surface area contributed by atoms with Crippen LogP contribution < -0.4 is 5.32 Å². The zero-order valence-electron chi connectivity index (χ0n) is 8.47. The predicted molar refractivity (Wildman–Crippen MR) is 56.2 cm³/mol. The number of halogens is 3. The van der Waals surface area contributed by atoms with Crippen molar-refractivity contribution in [1.29, 1.82) is 0 Å². The second kappa shape index (κ2) is 5.51. The van der Waals surface area contributed by atoms with Crippen LogP contribution in [-0.2, 0) is 6.42 Å². The van der Waals surface area contributed by atoms with E-state index < -0.39 is 12.2 Å². The highest BCUT2D eigenvalue weighted by Gasteiger charge is 2.38. The Morgan fingerprint density at radius 1 is 1.47 bits per heavy atom. The van der Waals surface area contributed by atoms with Crippen molar-refractivity contribution in [1.82, 2.24) is 5.32 Å². The minimum atomic E-state index is -4.15. The summed E-state index contributed by atoms with van der Waals surface area (Å²) < 4.78 is 37.4. The standard InChI is InChI=1S/C10H14F3NS/c1-2-14-9(10(11,12)13)6-5-8-4-3-7-15-8/h3-4,7,9,14H,2,5-6H2,1H3. The fourth-order valence-electron chi connectivity index (χ4n) is 1.37. The lowest BCUT2D eigenvalue weighted by Crippen LogP contribution is -2.42. The SMILES string of the molecule is CCNC(CCc1cccs1)C(F)(F)F. The summed E-state index contributed by atoms with van der Waals surface area (Å²) in [6.07, 6.45) is -3.56. The maximum Gasteiger partial charge on any atom is 0.403 e. The first-order chi connectivity index (χ1) is 7.04. The van der Waals surface area contributed by atoms with Crippen LogP contribution in [0.2, 0.25) is 0 Å². The second-order valence-corrected chi connectivity index (χ2v) is 4.30. The van der Waals surface area contributed by atoms with Gasteiger partial charge in [-0.25, -0.2) is 0 Å². The van der Waals surface area contributed by atoms with Crippen LogP contribution in [0.25, 0.3) is 0 Å². The van der Waals surface area contributed by atoms with E-state index in [1.807, 2.05) is 17.5 Å². The summed E-state index contributed by atoms with van der Waals surface area (Å²) in [5, 5.41) is 4.34. The lowest BCUT2D eigenvalue weighted by atomic mass is 10.1. The quantitative estimate of drug-likeness (QED) is 0.829. The van der Waals surface area contributed by atoms with E-state index in [0.717, 1.165) is 4.88 Å². The van der Waals surface area contributed by atoms with Crippen molar-refractivity contribution in [2.45, 2.75) is 32.0 Å². The Balaban J connectivity index is 2.45. The summed E-state index contributed by atoms with van der Waals surface area (Å²) in [6, 6.07) is 2.34. The summed E-state index contributed by atoms with van der Waals surface area (Å²) in [7, 11) is 0. The van der Waals surface area contributed by atoms with Gasteiger partial charge in [0.05, 0.1) is 0 Å². The molecule has 0 amide bonds. The van der Waals surface area contributed by atoms with Crippen LogP contribution in [0.15, 0.2) is 17.5 Å². The summed E-state index contributed by atoms with van der Waals surface area (Å²) in [4.78, 5) is 1.00. The van der Waals surface area contributed by atoms with Gasteiger partial charge in [0.15, 0.2) is 0 Å². The molecule has 0 aromatic carbocycles. The fraction of sp³-hybridized carbons (Fsp3) is 0.600. The molecule has 1 heterocycles. The molecule has 0 fully saturated rings. The van der Waals surface area contributed by atoms with Crippen LogP contribution in [0.1, 0.15) is 18.2 Å². The number of thiophene rings is 1. The molecule has 0 saturated carbocycles. The van der Waals surface area contributed by atoms with E-state index in [4.69, 9.17) is 0 Å². The summed E-state index contributed by atoms with van der Waals surface area (Å²) in [5.74, 6) is 0. The largest absolute Gasteiger partial charge is 0.403 e. The van der Waals surface area contributed by atoms with Crippen LogP contribution in [0.4, 0.5) is 13.2 Å². The first kappa shape index (κ1) is 12.5. The molecule has 0 saturated heterocycles. The Morgan fingerprint density at radius 2 is 2.20 bits per heavy atom. The number of hydrogen-bond donors (Lipinski definition) is 1. The molecular formula is C10H14F3NS. The number of hydrogen-bond acceptors (Lipinski definition) is 2. The molecule has 1 aromatic heterocycles. The highest BCUT2D eigenvalue weighted by Crippen LogP contribution is 2.24. The monoisotopic (exact) mass is 237 g/mol. The van der Waals surface area contributed by atoms with E-state index in [1.165, 1.54) is 11.3 Å². The Labute approximate surface area is 91.3 Å². The molecule has 0 bridgehead atoms. The van der Waals surface area contributed by atoms with Gasteiger partial charge < -0.3 is 5.32 Å². The van der Waals surface area contributed by atoms with Crippen molar-refractivity contribution < 1.29 is 13.2 Å². The Morgan fingerprint density at radius 3 is 2.67 bits per heavy atom. The van der Waals surface area contributed by atoms with Gasteiger partial charge in [0.2, 0.25) is 0 Å². The van der Waals surface area contributed by atoms with Gasteiger partial charge >= 0.3 is 6.18 Å². The molecule has 1 unspecified atom stereocenters. The number of alkyl halides is 3. The maximum atomic E-state index is 12.5. The molecule has 0 spiro atoms. The molecule has 15 heavy (non-hydrogen) atoms. The van der Waals surface area contributed by atoms with E-state index in [9.17, 15) is 13.2 Å². The Hall–Kier alpha value is -0.550. The topological polar surface area (TPSA) is 12.0 Å². The van der Waals surface area contributed by atoms with Gasteiger partial charge in [0.1, 0.15) is 6.04 Å². The molecule has 86 valence electrons. The smallest absolute Gasteiger partial charge is 0.306 e. The maximum absolute atomic E-state index is 12.5. The minimum absolute atomic E-state index is 0.109. The molecule has 0 aliphatic carbocycles. The van der Waals surface area contributed by atoms with Gasteiger partial charge in [-0.3, -0.25) is 0 Å². The van der Waals surface area contributed by atoms with Crippen molar-refractivity contribution in [3.05, 3.63) is 22.4 Å². The van der Waals surface area contributed by atoms with Crippen LogP contribution in [0.5, 0.6) is 0 Å². The number of rotatable bonds is 5. The van der Waals surface area contributed by atoms with Crippen LogP contribution in [0.3, 0.4) is 0 Å². The van der Waals surface area contributed by atoms with E-state index in [-0.39, 0.29) is 6.42 Å². The van der Waals surface area contributed by atoms with Crippen molar-refractivity contribution in [2.24, 2.45) is 0 Å². The summed E-state index contributed by atoms with van der Waals surface area (Å²) in [5.41, 5.74) is 0. The van der Waals surface area contributed by atoms with Gasteiger partial charge in [-0.2, -0.15) is 13.2 Å². The highest BCUT2D eigenvalue weighted by molar-refractivity contribution is 7.09. The van der Waals surface area contributed by atoms with Gasteiger partial charge in [0, 0.05) is 4.88 Å². The van der Waals surface area contributed by atoms with Crippen LogP contribution in [0, 0.1) is 0 Å². The van der Waals surface area contributed by atoms with E-state index in [2.05, 4.69) is 5.32 Å². The first-order valence-corrected chi connectivity index (χ1v) is 5.74. The number of aryl methyl sites for hydroxylation is 1. The number of nitrogens with one attached hydrogen (secondary N) is 1. The van der Waals surface area contributed by atoms with E-state index >= 15 is 0 Å². The van der Waals surface area contributed by atoms with Gasteiger partial charge in [-0.1, -0.05) is 13.0 Å². The molecular weight excluding hydrogens is 223 g/mol. The molecule has 0 aliphatic heterocycles. The molecule has 1 rings (SSSR count). The Kier molecular flexibility index (Phi) is 4.60. The van der Waals surface area contributed by atoms with Crippen LogP contribution >= 0.6 is 11.3 Å². The van der Waals surface area contributed by atoms with Crippen molar-refractivity contribution in [3.8, 4) is 0 Å². The third-order valence-corrected chi connectivity index (χ3v) is 3.04. The highest BCUT2D eigenvalue weighted by atomic mass is 32.1. The third-order valence-electron chi connectivity index (χ3n) is 2.11. The lowest BCUT2D eigenvalue weighted by Gasteiger charge is -2.20. The molecule has 0 radical (unpaired) electrons. The van der Waals surface area contributed by atoms with Gasteiger partial charge in [0.25, 0.3) is 0 Å². The fourth-order valence-corrected chi connectivity index (χ4v) is 2.09. The molecule has 1 nitrogen and oxygen atoms in total. The molecule has 1 atom stereocenters. The second-order valence-electron chi connectivity index (χ2n) is 3.27. The average molecular weight is 237 g/mol. The first-order valence-electron chi connectivity index (χ1n) is 4.86. The summed E-state index contributed by atoms with van der Waals surface area (Å²) >= 11 is 1.50. The molecule has 1 aromatic rings. The normalized spacial score (nSPS) is 14.1. The van der Waals surface area contributed by atoms with Crippen molar-refractivity contribution in [3.63, 3.8) is 0 Å². The molecule has 0 aliphatic rings. The Bertz CT molecular complexity index is 269. The molecule has 1 N–H and O–H groups in total. The van der Waals surface area contributed by atoms with Crippen LogP contribution in [-0.4, -0.2) is 18.8 Å². The third kappa shape index (κ3) is 4.22. The van der Waals surface area contributed by atoms with E-state index in [0.29, 0.717) is 13.0 Å². The zero-order valence-corrected chi connectivity index (χ0v) is 9.29. The zero-order chi connectivity index (χ0) is 11.3. The average Bonchev–Trinajstić information content (AvgIpc) is 2.62.